The van der Waals surface area contributed by atoms with Gasteiger partial charge in [-0.05, 0) is 62.2 Å². The number of amides is 2. The van der Waals surface area contributed by atoms with Gasteiger partial charge < -0.3 is 15.8 Å². The Hall–Kier alpha value is -2.82. The highest BCUT2D eigenvalue weighted by molar-refractivity contribution is 5.95. The third kappa shape index (κ3) is 4.32. The molecule has 2 aromatic carbocycles. The smallest absolute Gasteiger partial charge is 0.265 e. The summed E-state index contributed by atoms with van der Waals surface area (Å²) in [5, 5.41) is 2.86. The molecule has 3 N–H and O–H groups in total. The molecule has 2 amide bonds. The number of hydrogen-bond acceptors (Lipinski definition) is 3. The lowest BCUT2D eigenvalue weighted by Crippen LogP contribution is -2.30. The predicted octanol–water partition coefficient (Wildman–Crippen LogP) is 2.81. The number of ether oxygens (including phenoxy) is 1. The highest BCUT2D eigenvalue weighted by Gasteiger charge is 2.16. The SMILES string of the molecule is Cc1ccc(C)c(NC(=O)C(C)Oc2ccc(C(N)=O)cc2)c1. The average molecular weight is 312 g/mol. The van der Waals surface area contributed by atoms with Crippen molar-refractivity contribution in [2.24, 2.45) is 5.73 Å². The maximum absolute atomic E-state index is 12.2. The van der Waals surface area contributed by atoms with E-state index in [0.717, 1.165) is 16.8 Å². The molecule has 0 bridgehead atoms. The Kier molecular flexibility index (Phi) is 5.01. The maximum atomic E-state index is 12.2. The second kappa shape index (κ2) is 6.96. The summed E-state index contributed by atoms with van der Waals surface area (Å²) in [6.45, 7) is 5.57. The second-order valence-corrected chi connectivity index (χ2v) is 5.46. The van der Waals surface area contributed by atoms with Crippen LogP contribution in [0, 0.1) is 13.8 Å². The van der Waals surface area contributed by atoms with Crippen molar-refractivity contribution < 1.29 is 14.3 Å². The highest BCUT2D eigenvalue weighted by Crippen LogP contribution is 2.18. The van der Waals surface area contributed by atoms with Gasteiger partial charge in [0, 0.05) is 11.3 Å². The van der Waals surface area contributed by atoms with Gasteiger partial charge in [0.1, 0.15) is 5.75 Å². The van der Waals surface area contributed by atoms with Crippen LogP contribution < -0.4 is 15.8 Å². The molecular weight excluding hydrogens is 292 g/mol. The zero-order valence-electron chi connectivity index (χ0n) is 13.4. The Labute approximate surface area is 135 Å². The number of hydrogen-bond donors (Lipinski definition) is 2. The lowest BCUT2D eigenvalue weighted by molar-refractivity contribution is -0.122. The molecule has 0 aliphatic carbocycles. The van der Waals surface area contributed by atoms with E-state index in [2.05, 4.69) is 5.32 Å². The van der Waals surface area contributed by atoms with Crippen LogP contribution in [0.1, 0.15) is 28.4 Å². The summed E-state index contributed by atoms with van der Waals surface area (Å²) in [7, 11) is 0. The first kappa shape index (κ1) is 16.5. The van der Waals surface area contributed by atoms with E-state index in [4.69, 9.17) is 10.5 Å². The highest BCUT2D eigenvalue weighted by atomic mass is 16.5. The van der Waals surface area contributed by atoms with Crippen molar-refractivity contribution in [3.63, 3.8) is 0 Å². The minimum Gasteiger partial charge on any atom is -0.481 e. The van der Waals surface area contributed by atoms with Crippen LogP contribution in [0.5, 0.6) is 5.75 Å². The minimum atomic E-state index is -0.672. The van der Waals surface area contributed by atoms with E-state index in [1.165, 1.54) is 0 Å². The van der Waals surface area contributed by atoms with E-state index in [0.29, 0.717) is 11.3 Å². The zero-order chi connectivity index (χ0) is 17.0. The summed E-state index contributed by atoms with van der Waals surface area (Å²) >= 11 is 0. The summed E-state index contributed by atoms with van der Waals surface area (Å²) in [5.74, 6) is -0.242. The van der Waals surface area contributed by atoms with Crippen LogP contribution in [-0.4, -0.2) is 17.9 Å². The molecule has 0 aliphatic heterocycles. The summed E-state index contributed by atoms with van der Waals surface area (Å²) in [6, 6.07) is 12.2. The molecule has 2 aromatic rings. The van der Waals surface area contributed by atoms with Gasteiger partial charge in [0.05, 0.1) is 0 Å². The molecule has 0 spiro atoms. The molecule has 0 aromatic heterocycles. The van der Waals surface area contributed by atoms with E-state index < -0.39 is 12.0 Å². The number of carbonyl (C=O) groups excluding carboxylic acids is 2. The number of benzene rings is 2. The van der Waals surface area contributed by atoms with Crippen LogP contribution in [0.2, 0.25) is 0 Å². The predicted molar refractivity (Wildman–Crippen MR) is 89.6 cm³/mol. The Bertz CT molecular complexity index is 724. The number of aryl methyl sites for hydroxylation is 2. The van der Waals surface area contributed by atoms with Crippen LogP contribution in [0.3, 0.4) is 0 Å². The number of rotatable bonds is 5. The average Bonchev–Trinajstić information content (AvgIpc) is 2.51. The number of anilines is 1. The van der Waals surface area contributed by atoms with Crippen LogP contribution in [-0.2, 0) is 4.79 Å². The molecule has 0 radical (unpaired) electrons. The maximum Gasteiger partial charge on any atom is 0.265 e. The van der Waals surface area contributed by atoms with E-state index in [1.54, 1.807) is 31.2 Å². The fourth-order valence-corrected chi connectivity index (χ4v) is 2.06. The zero-order valence-corrected chi connectivity index (χ0v) is 13.4. The van der Waals surface area contributed by atoms with Crippen molar-refractivity contribution in [1.82, 2.24) is 0 Å². The van der Waals surface area contributed by atoms with Crippen molar-refractivity contribution in [1.29, 1.82) is 0 Å². The molecule has 0 saturated heterocycles. The van der Waals surface area contributed by atoms with Crippen molar-refractivity contribution in [3.8, 4) is 5.75 Å². The number of nitrogens with two attached hydrogens (primary N) is 1. The molecule has 23 heavy (non-hydrogen) atoms. The Morgan fingerprint density at radius 1 is 1.09 bits per heavy atom. The second-order valence-electron chi connectivity index (χ2n) is 5.46. The summed E-state index contributed by atoms with van der Waals surface area (Å²) in [6.07, 6.45) is -0.672. The first-order valence-electron chi connectivity index (χ1n) is 7.31. The molecule has 1 unspecified atom stereocenters. The minimum absolute atomic E-state index is 0.238. The Morgan fingerprint density at radius 2 is 1.74 bits per heavy atom. The third-order valence-corrected chi connectivity index (χ3v) is 3.47. The van der Waals surface area contributed by atoms with E-state index >= 15 is 0 Å². The van der Waals surface area contributed by atoms with Crippen LogP contribution in [0.4, 0.5) is 5.69 Å². The Balaban J connectivity index is 2.02. The Morgan fingerprint density at radius 3 is 2.35 bits per heavy atom. The first-order chi connectivity index (χ1) is 10.9. The molecule has 0 fully saturated rings. The van der Waals surface area contributed by atoms with Gasteiger partial charge in [0.25, 0.3) is 5.91 Å². The number of carbonyl (C=O) groups is 2. The first-order valence-corrected chi connectivity index (χ1v) is 7.31. The fourth-order valence-electron chi connectivity index (χ4n) is 2.06. The topological polar surface area (TPSA) is 81.4 Å². The molecule has 5 nitrogen and oxygen atoms in total. The van der Waals surface area contributed by atoms with Gasteiger partial charge in [-0.25, -0.2) is 0 Å². The van der Waals surface area contributed by atoms with E-state index in [-0.39, 0.29) is 5.91 Å². The van der Waals surface area contributed by atoms with E-state index in [1.807, 2.05) is 32.0 Å². The summed E-state index contributed by atoms with van der Waals surface area (Å²) in [4.78, 5) is 23.3. The van der Waals surface area contributed by atoms with Gasteiger partial charge >= 0.3 is 0 Å². The fraction of sp³-hybridized carbons (Fsp3) is 0.222. The number of nitrogens with one attached hydrogen (secondary N) is 1. The standard InChI is InChI=1S/C18H20N2O3/c1-11-4-5-12(2)16(10-11)20-18(22)13(3)23-15-8-6-14(7-9-15)17(19)21/h4-10,13H,1-3H3,(H2,19,21)(H,20,22). The van der Waals surface area contributed by atoms with Gasteiger partial charge in [-0.1, -0.05) is 12.1 Å². The van der Waals surface area contributed by atoms with Crippen LogP contribution in [0.15, 0.2) is 42.5 Å². The van der Waals surface area contributed by atoms with Gasteiger partial charge in [-0.2, -0.15) is 0 Å². The van der Waals surface area contributed by atoms with Gasteiger partial charge in [-0.15, -0.1) is 0 Å². The monoisotopic (exact) mass is 312 g/mol. The lowest BCUT2D eigenvalue weighted by atomic mass is 10.1. The summed E-state index contributed by atoms with van der Waals surface area (Å²) < 4.78 is 5.59. The van der Waals surface area contributed by atoms with Crippen molar-refractivity contribution in [3.05, 3.63) is 59.2 Å². The van der Waals surface area contributed by atoms with Crippen LogP contribution in [0.25, 0.3) is 0 Å². The van der Waals surface area contributed by atoms with Crippen molar-refractivity contribution in [2.45, 2.75) is 26.9 Å². The van der Waals surface area contributed by atoms with Gasteiger partial charge in [0.2, 0.25) is 5.91 Å². The summed E-state index contributed by atoms with van der Waals surface area (Å²) in [5.41, 5.74) is 8.41. The molecule has 5 heteroatoms. The molecule has 120 valence electrons. The molecule has 0 saturated carbocycles. The molecular formula is C18H20N2O3. The van der Waals surface area contributed by atoms with E-state index in [9.17, 15) is 9.59 Å². The molecule has 0 heterocycles. The van der Waals surface area contributed by atoms with Gasteiger partial charge in [0.15, 0.2) is 6.10 Å². The normalized spacial score (nSPS) is 11.6. The third-order valence-electron chi connectivity index (χ3n) is 3.47. The quantitative estimate of drug-likeness (QED) is 0.890. The number of primary amides is 1. The van der Waals surface area contributed by atoms with Crippen molar-refractivity contribution in [2.75, 3.05) is 5.32 Å². The molecule has 0 aliphatic rings. The largest absolute Gasteiger partial charge is 0.481 e. The lowest BCUT2D eigenvalue weighted by Gasteiger charge is -2.16. The molecule has 2 rings (SSSR count). The van der Waals surface area contributed by atoms with Crippen LogP contribution >= 0.6 is 0 Å². The molecule has 1 atom stereocenters. The van der Waals surface area contributed by atoms with Crippen molar-refractivity contribution >= 4 is 17.5 Å². The van der Waals surface area contributed by atoms with Gasteiger partial charge in [-0.3, -0.25) is 9.59 Å².